The SMILES string of the molecule is CSc1c(C(F)(F)F)nn(-c2ccccc2S(N)(=O)=O)c1-c1ccccc1. The molecule has 0 aliphatic carbocycles. The molecule has 3 rings (SSSR count). The molecule has 10 heteroatoms. The Morgan fingerprint density at radius 1 is 1.04 bits per heavy atom. The van der Waals surface area contributed by atoms with Crippen molar-refractivity contribution in [2.24, 2.45) is 5.14 Å². The quantitative estimate of drug-likeness (QED) is 0.658. The number of primary sulfonamides is 1. The predicted molar refractivity (Wildman–Crippen MR) is 97.2 cm³/mol. The van der Waals surface area contributed by atoms with E-state index < -0.39 is 21.9 Å². The average molecular weight is 413 g/mol. The van der Waals surface area contributed by atoms with Crippen LogP contribution in [0.2, 0.25) is 0 Å². The summed E-state index contributed by atoms with van der Waals surface area (Å²) in [5, 5.41) is 8.97. The molecule has 0 radical (unpaired) electrons. The minimum absolute atomic E-state index is 0.0512. The largest absolute Gasteiger partial charge is 0.436 e. The van der Waals surface area contributed by atoms with Crippen molar-refractivity contribution in [2.45, 2.75) is 16.0 Å². The van der Waals surface area contributed by atoms with Crippen molar-refractivity contribution in [1.29, 1.82) is 0 Å². The molecule has 27 heavy (non-hydrogen) atoms. The van der Waals surface area contributed by atoms with Crippen LogP contribution < -0.4 is 5.14 Å². The number of rotatable bonds is 4. The lowest BCUT2D eigenvalue weighted by molar-refractivity contribution is -0.143. The summed E-state index contributed by atoms with van der Waals surface area (Å²) in [6.45, 7) is 0. The van der Waals surface area contributed by atoms with E-state index in [1.807, 2.05) is 0 Å². The highest BCUT2D eigenvalue weighted by molar-refractivity contribution is 7.98. The normalized spacial score (nSPS) is 12.3. The minimum Gasteiger partial charge on any atom is -0.230 e. The van der Waals surface area contributed by atoms with Gasteiger partial charge in [0.05, 0.1) is 16.3 Å². The van der Waals surface area contributed by atoms with Gasteiger partial charge in [-0.25, -0.2) is 18.2 Å². The Morgan fingerprint density at radius 3 is 2.19 bits per heavy atom. The third-order valence-electron chi connectivity index (χ3n) is 3.76. The summed E-state index contributed by atoms with van der Waals surface area (Å²) in [6.07, 6.45) is -3.20. The number of thioether (sulfide) groups is 1. The third-order valence-corrected chi connectivity index (χ3v) is 5.52. The van der Waals surface area contributed by atoms with Gasteiger partial charge in [-0.05, 0) is 18.4 Å². The minimum atomic E-state index is -4.70. The summed E-state index contributed by atoms with van der Waals surface area (Å²) in [4.78, 5) is -0.413. The van der Waals surface area contributed by atoms with Crippen LogP contribution >= 0.6 is 11.8 Å². The summed E-state index contributed by atoms with van der Waals surface area (Å²) < 4.78 is 65.6. The van der Waals surface area contributed by atoms with Crippen molar-refractivity contribution in [3.63, 3.8) is 0 Å². The molecule has 2 aromatic carbocycles. The average Bonchev–Trinajstić information content (AvgIpc) is 3.01. The van der Waals surface area contributed by atoms with E-state index in [9.17, 15) is 21.6 Å². The van der Waals surface area contributed by atoms with Crippen molar-refractivity contribution < 1.29 is 21.6 Å². The van der Waals surface area contributed by atoms with Gasteiger partial charge >= 0.3 is 6.18 Å². The van der Waals surface area contributed by atoms with Gasteiger partial charge in [-0.1, -0.05) is 42.5 Å². The van der Waals surface area contributed by atoms with E-state index in [4.69, 9.17) is 5.14 Å². The number of benzene rings is 2. The lowest BCUT2D eigenvalue weighted by atomic mass is 10.1. The first-order valence-electron chi connectivity index (χ1n) is 7.56. The molecule has 0 bridgehead atoms. The summed E-state index contributed by atoms with van der Waals surface area (Å²) in [6, 6.07) is 13.9. The molecule has 3 aromatic rings. The highest BCUT2D eigenvalue weighted by atomic mass is 32.2. The van der Waals surface area contributed by atoms with Gasteiger partial charge in [0.15, 0.2) is 5.69 Å². The number of halogens is 3. The summed E-state index contributed by atoms with van der Waals surface area (Å²) in [7, 11) is -4.18. The topological polar surface area (TPSA) is 78.0 Å². The van der Waals surface area contributed by atoms with E-state index in [2.05, 4.69) is 5.10 Å². The Labute approximate surface area is 158 Å². The van der Waals surface area contributed by atoms with Gasteiger partial charge in [-0.2, -0.15) is 18.3 Å². The number of hydrogen-bond acceptors (Lipinski definition) is 4. The zero-order chi connectivity index (χ0) is 19.8. The molecule has 0 unspecified atom stereocenters. The van der Waals surface area contributed by atoms with Crippen LogP contribution in [0.5, 0.6) is 0 Å². The Balaban J connectivity index is 2.43. The van der Waals surface area contributed by atoms with Gasteiger partial charge in [0.2, 0.25) is 10.0 Å². The molecule has 2 N–H and O–H groups in total. The highest BCUT2D eigenvalue weighted by Gasteiger charge is 2.40. The van der Waals surface area contributed by atoms with Gasteiger partial charge in [-0.15, -0.1) is 11.8 Å². The fourth-order valence-corrected chi connectivity index (χ4v) is 4.14. The summed E-state index contributed by atoms with van der Waals surface area (Å²) in [5.74, 6) is 0. The Hall–Kier alpha value is -2.30. The highest BCUT2D eigenvalue weighted by Crippen LogP contribution is 2.42. The van der Waals surface area contributed by atoms with E-state index in [0.29, 0.717) is 5.56 Å². The maximum atomic E-state index is 13.6. The molecular formula is C17H14F3N3O2S2. The number of hydrogen-bond donors (Lipinski definition) is 1. The Kier molecular flexibility index (Phi) is 5.06. The van der Waals surface area contributed by atoms with Gasteiger partial charge in [0, 0.05) is 5.56 Å². The van der Waals surface area contributed by atoms with Crippen molar-refractivity contribution in [3.05, 3.63) is 60.3 Å². The van der Waals surface area contributed by atoms with Crippen LogP contribution in [-0.2, 0) is 16.2 Å². The molecule has 1 aromatic heterocycles. The van der Waals surface area contributed by atoms with Gasteiger partial charge in [-0.3, -0.25) is 0 Å². The second-order valence-electron chi connectivity index (χ2n) is 5.52. The standard InChI is InChI=1S/C17H14F3N3O2S2/c1-26-15-14(11-7-3-2-4-8-11)23(22-16(15)17(18,19)20)12-9-5-6-10-13(12)27(21,24)25/h2-10H,1H3,(H2,21,24,25). The fourth-order valence-electron chi connectivity index (χ4n) is 2.68. The van der Waals surface area contributed by atoms with Crippen LogP contribution in [0, 0.1) is 0 Å². The van der Waals surface area contributed by atoms with Crippen molar-refractivity contribution in [1.82, 2.24) is 9.78 Å². The smallest absolute Gasteiger partial charge is 0.230 e. The number of alkyl halides is 3. The zero-order valence-electron chi connectivity index (χ0n) is 13.9. The number of aromatic nitrogens is 2. The maximum Gasteiger partial charge on any atom is 0.436 e. The number of nitrogens with two attached hydrogens (primary N) is 1. The molecule has 0 aliphatic heterocycles. The molecule has 0 saturated carbocycles. The van der Waals surface area contributed by atoms with E-state index in [1.165, 1.54) is 30.5 Å². The molecule has 0 saturated heterocycles. The number of para-hydroxylation sites is 1. The molecule has 142 valence electrons. The lowest BCUT2D eigenvalue weighted by Gasteiger charge is -2.12. The van der Waals surface area contributed by atoms with Crippen LogP contribution in [0.3, 0.4) is 0 Å². The molecule has 0 atom stereocenters. The van der Waals surface area contributed by atoms with E-state index in [1.54, 1.807) is 30.3 Å². The zero-order valence-corrected chi connectivity index (χ0v) is 15.6. The second-order valence-corrected chi connectivity index (χ2v) is 7.87. The molecule has 0 aliphatic rings. The molecule has 0 fully saturated rings. The first-order valence-corrected chi connectivity index (χ1v) is 10.3. The molecular weight excluding hydrogens is 399 g/mol. The Morgan fingerprint density at radius 2 is 1.63 bits per heavy atom. The molecule has 1 heterocycles. The van der Waals surface area contributed by atoms with Crippen molar-refractivity contribution >= 4 is 21.8 Å². The summed E-state index contributed by atoms with van der Waals surface area (Å²) in [5.41, 5.74) is -0.525. The third kappa shape index (κ3) is 3.73. The van der Waals surface area contributed by atoms with Crippen LogP contribution in [0.15, 0.2) is 64.4 Å². The molecule has 0 amide bonds. The van der Waals surface area contributed by atoms with E-state index >= 15 is 0 Å². The van der Waals surface area contributed by atoms with Gasteiger partial charge in [0.1, 0.15) is 4.90 Å². The van der Waals surface area contributed by atoms with E-state index in [-0.39, 0.29) is 21.2 Å². The molecule has 5 nitrogen and oxygen atoms in total. The number of sulfonamides is 1. The van der Waals surface area contributed by atoms with Crippen molar-refractivity contribution in [3.8, 4) is 16.9 Å². The lowest BCUT2D eigenvalue weighted by Crippen LogP contribution is -2.16. The van der Waals surface area contributed by atoms with Crippen LogP contribution in [-0.4, -0.2) is 24.5 Å². The monoisotopic (exact) mass is 413 g/mol. The van der Waals surface area contributed by atoms with Crippen LogP contribution in [0.25, 0.3) is 16.9 Å². The predicted octanol–water partition coefficient (Wildman–Crippen LogP) is 3.93. The van der Waals surface area contributed by atoms with Gasteiger partial charge < -0.3 is 0 Å². The summed E-state index contributed by atoms with van der Waals surface area (Å²) >= 11 is 0.889. The maximum absolute atomic E-state index is 13.6. The van der Waals surface area contributed by atoms with Gasteiger partial charge in [0.25, 0.3) is 0 Å². The van der Waals surface area contributed by atoms with E-state index in [0.717, 1.165) is 16.4 Å². The van der Waals surface area contributed by atoms with Crippen LogP contribution in [0.4, 0.5) is 13.2 Å². The van der Waals surface area contributed by atoms with Crippen LogP contribution in [0.1, 0.15) is 5.69 Å². The second kappa shape index (κ2) is 7.02. The Bertz CT molecular complexity index is 1080. The van der Waals surface area contributed by atoms with Crippen molar-refractivity contribution in [2.75, 3.05) is 6.26 Å². The number of nitrogens with zero attached hydrogens (tertiary/aromatic N) is 2. The first kappa shape index (κ1) is 19.5. The molecule has 0 spiro atoms. The first-order chi connectivity index (χ1) is 12.6. The fraction of sp³-hybridized carbons (Fsp3) is 0.118.